The molecular weight excluding hydrogens is 178 g/mol. The average molecular weight is 185 g/mol. The molecule has 68 valence electrons. The van der Waals surface area contributed by atoms with Crippen LogP contribution in [0.2, 0.25) is 0 Å². The summed E-state index contributed by atoms with van der Waals surface area (Å²) in [5.74, 6) is 4.72. The van der Waals surface area contributed by atoms with Crippen molar-refractivity contribution in [2.75, 3.05) is 0 Å². The lowest BCUT2D eigenvalue weighted by atomic mass is 10.2. The highest BCUT2D eigenvalue weighted by Gasteiger charge is 1.92. The third-order valence-corrected chi connectivity index (χ3v) is 1.37. The molecule has 1 aromatic heterocycles. The number of amides is 1. The molecule has 0 radical (unpaired) electrons. The van der Waals surface area contributed by atoms with Crippen LogP contribution in [-0.4, -0.2) is 10.9 Å². The molecule has 1 aromatic rings. The number of hydrogen-bond acceptors (Lipinski definition) is 3. The number of rotatable bonds is 1. The molecule has 1 heterocycles. The largest absolute Gasteiger partial charge is 0.369 e. The van der Waals surface area contributed by atoms with Gasteiger partial charge >= 0.3 is 0 Å². The Hall–Kier alpha value is -2.33. The Morgan fingerprint density at radius 1 is 1.64 bits per heavy atom. The van der Waals surface area contributed by atoms with Crippen molar-refractivity contribution in [3.05, 3.63) is 29.6 Å². The minimum atomic E-state index is -0.478. The summed E-state index contributed by atoms with van der Waals surface area (Å²) in [6, 6.07) is 5.10. The molecule has 0 unspecified atom stereocenters. The van der Waals surface area contributed by atoms with E-state index in [1.165, 1.54) is 6.20 Å². The lowest BCUT2D eigenvalue weighted by Gasteiger charge is -1.89. The van der Waals surface area contributed by atoms with E-state index in [1.54, 1.807) is 12.1 Å². The Balaban J connectivity index is 2.80. The molecule has 0 spiro atoms. The van der Waals surface area contributed by atoms with E-state index in [0.717, 1.165) is 0 Å². The standard InChI is InChI=1S/C10H7N3O/c11-7-8-4-5-13-9(6-8)2-1-3-10(12)14/h4-6H,3H2,(H2,12,14). The molecule has 0 bridgehead atoms. The van der Waals surface area contributed by atoms with Crippen LogP contribution in [0.3, 0.4) is 0 Å². The van der Waals surface area contributed by atoms with E-state index in [4.69, 9.17) is 11.0 Å². The Morgan fingerprint density at radius 2 is 2.43 bits per heavy atom. The van der Waals surface area contributed by atoms with E-state index in [0.29, 0.717) is 11.3 Å². The van der Waals surface area contributed by atoms with Crippen LogP contribution in [0.1, 0.15) is 17.7 Å². The highest BCUT2D eigenvalue weighted by Crippen LogP contribution is 1.98. The summed E-state index contributed by atoms with van der Waals surface area (Å²) in [5.41, 5.74) is 5.85. The maximum Gasteiger partial charge on any atom is 0.229 e. The first kappa shape index (κ1) is 9.76. The zero-order valence-electron chi connectivity index (χ0n) is 7.32. The average Bonchev–Trinajstić information content (AvgIpc) is 2.18. The zero-order chi connectivity index (χ0) is 10.4. The number of nitrogens with zero attached hydrogens (tertiary/aromatic N) is 2. The summed E-state index contributed by atoms with van der Waals surface area (Å²) >= 11 is 0. The molecule has 14 heavy (non-hydrogen) atoms. The van der Waals surface area contributed by atoms with Gasteiger partial charge in [0.15, 0.2) is 0 Å². The van der Waals surface area contributed by atoms with Crippen molar-refractivity contribution in [1.29, 1.82) is 5.26 Å². The Morgan fingerprint density at radius 3 is 3.07 bits per heavy atom. The van der Waals surface area contributed by atoms with Crippen molar-refractivity contribution in [1.82, 2.24) is 4.98 Å². The van der Waals surface area contributed by atoms with Crippen LogP contribution in [0.4, 0.5) is 0 Å². The zero-order valence-corrected chi connectivity index (χ0v) is 7.32. The van der Waals surface area contributed by atoms with Crippen LogP contribution in [-0.2, 0) is 4.79 Å². The third kappa shape index (κ3) is 2.96. The molecule has 0 saturated carbocycles. The van der Waals surface area contributed by atoms with Crippen molar-refractivity contribution in [3.8, 4) is 17.9 Å². The molecule has 1 rings (SSSR count). The summed E-state index contributed by atoms with van der Waals surface area (Å²) in [7, 11) is 0. The van der Waals surface area contributed by atoms with Crippen molar-refractivity contribution in [3.63, 3.8) is 0 Å². The van der Waals surface area contributed by atoms with Gasteiger partial charge in [-0.15, -0.1) is 0 Å². The number of carbonyl (C=O) groups is 1. The van der Waals surface area contributed by atoms with Crippen LogP contribution in [0, 0.1) is 23.2 Å². The fourth-order valence-electron chi connectivity index (χ4n) is 0.790. The third-order valence-electron chi connectivity index (χ3n) is 1.37. The highest BCUT2D eigenvalue weighted by molar-refractivity contribution is 5.76. The predicted octanol–water partition coefficient (Wildman–Crippen LogP) is 0.180. The van der Waals surface area contributed by atoms with E-state index in [2.05, 4.69) is 16.8 Å². The maximum absolute atomic E-state index is 10.4. The highest BCUT2D eigenvalue weighted by atomic mass is 16.1. The smallest absolute Gasteiger partial charge is 0.229 e. The molecule has 4 nitrogen and oxygen atoms in total. The van der Waals surface area contributed by atoms with Crippen molar-refractivity contribution in [2.24, 2.45) is 5.73 Å². The number of pyridine rings is 1. The normalized spacial score (nSPS) is 8.21. The molecule has 2 N–H and O–H groups in total. The van der Waals surface area contributed by atoms with Gasteiger partial charge in [0.25, 0.3) is 0 Å². The molecule has 0 aromatic carbocycles. The Bertz CT molecular complexity index is 448. The summed E-state index contributed by atoms with van der Waals surface area (Å²) in [5, 5.41) is 8.58. The summed E-state index contributed by atoms with van der Waals surface area (Å²) in [6.45, 7) is 0. The molecule has 4 heteroatoms. The molecule has 0 aliphatic rings. The Labute approximate surface area is 81.4 Å². The van der Waals surface area contributed by atoms with Gasteiger partial charge in [0.05, 0.1) is 18.1 Å². The molecule has 0 aliphatic carbocycles. The molecule has 0 saturated heterocycles. The topological polar surface area (TPSA) is 79.8 Å². The fraction of sp³-hybridized carbons (Fsp3) is 0.100. The lowest BCUT2D eigenvalue weighted by molar-refractivity contribution is -0.117. The summed E-state index contributed by atoms with van der Waals surface area (Å²) in [4.78, 5) is 14.3. The van der Waals surface area contributed by atoms with Crippen LogP contribution >= 0.6 is 0 Å². The number of nitriles is 1. The molecule has 0 atom stereocenters. The molecular formula is C10H7N3O. The van der Waals surface area contributed by atoms with Crippen LogP contribution in [0.15, 0.2) is 18.3 Å². The summed E-state index contributed by atoms with van der Waals surface area (Å²) < 4.78 is 0. The van der Waals surface area contributed by atoms with E-state index in [9.17, 15) is 4.79 Å². The maximum atomic E-state index is 10.4. The van der Waals surface area contributed by atoms with Crippen LogP contribution < -0.4 is 5.73 Å². The van der Waals surface area contributed by atoms with Gasteiger partial charge in [-0.25, -0.2) is 4.98 Å². The number of hydrogen-bond donors (Lipinski definition) is 1. The van der Waals surface area contributed by atoms with Gasteiger partial charge in [0.2, 0.25) is 5.91 Å². The van der Waals surface area contributed by atoms with Crippen molar-refractivity contribution < 1.29 is 4.79 Å². The second-order valence-electron chi connectivity index (χ2n) is 2.49. The van der Waals surface area contributed by atoms with Gasteiger partial charge in [0, 0.05) is 6.20 Å². The van der Waals surface area contributed by atoms with Crippen LogP contribution in [0.25, 0.3) is 0 Å². The Kier molecular flexibility index (Phi) is 3.23. The molecule has 0 aliphatic heterocycles. The van der Waals surface area contributed by atoms with Gasteiger partial charge in [-0.05, 0) is 18.1 Å². The summed E-state index contributed by atoms with van der Waals surface area (Å²) in [6.07, 6.45) is 1.49. The lowest BCUT2D eigenvalue weighted by Crippen LogP contribution is -2.08. The van der Waals surface area contributed by atoms with Gasteiger partial charge in [-0.2, -0.15) is 5.26 Å². The van der Waals surface area contributed by atoms with Crippen molar-refractivity contribution in [2.45, 2.75) is 6.42 Å². The first-order chi connectivity index (χ1) is 6.72. The number of aromatic nitrogens is 1. The molecule has 1 amide bonds. The number of carbonyl (C=O) groups excluding carboxylic acids is 1. The van der Waals surface area contributed by atoms with Gasteiger partial charge in [-0.3, -0.25) is 4.79 Å². The van der Waals surface area contributed by atoms with Crippen LogP contribution in [0.5, 0.6) is 0 Å². The minimum absolute atomic E-state index is 0.00153. The van der Waals surface area contributed by atoms with E-state index >= 15 is 0 Å². The first-order valence-electron chi connectivity index (χ1n) is 3.85. The second-order valence-corrected chi connectivity index (χ2v) is 2.49. The first-order valence-corrected chi connectivity index (χ1v) is 3.85. The van der Waals surface area contributed by atoms with E-state index in [1.807, 2.05) is 6.07 Å². The fourth-order valence-corrected chi connectivity index (χ4v) is 0.790. The van der Waals surface area contributed by atoms with Gasteiger partial charge in [-0.1, -0.05) is 5.92 Å². The number of primary amides is 1. The van der Waals surface area contributed by atoms with Crippen molar-refractivity contribution >= 4 is 5.91 Å². The van der Waals surface area contributed by atoms with Gasteiger partial charge < -0.3 is 5.73 Å². The minimum Gasteiger partial charge on any atom is -0.369 e. The predicted molar refractivity (Wildman–Crippen MR) is 49.6 cm³/mol. The monoisotopic (exact) mass is 185 g/mol. The van der Waals surface area contributed by atoms with E-state index in [-0.39, 0.29) is 6.42 Å². The molecule has 0 fully saturated rings. The second kappa shape index (κ2) is 4.64. The quantitative estimate of drug-likeness (QED) is 0.634. The number of nitrogens with two attached hydrogens (primary N) is 1. The van der Waals surface area contributed by atoms with E-state index < -0.39 is 5.91 Å². The van der Waals surface area contributed by atoms with Gasteiger partial charge in [0.1, 0.15) is 5.69 Å². The SMILES string of the molecule is N#Cc1ccnc(C#CCC(N)=O)c1.